The van der Waals surface area contributed by atoms with Crippen LogP contribution in [0, 0.1) is 5.92 Å². The van der Waals surface area contributed by atoms with Gasteiger partial charge in [-0.15, -0.1) is 0 Å². The first kappa shape index (κ1) is 15.1. The van der Waals surface area contributed by atoms with Gasteiger partial charge in [-0.05, 0) is 23.6 Å². The second-order valence-corrected chi connectivity index (χ2v) is 6.59. The lowest BCUT2D eigenvalue weighted by Gasteiger charge is -2.22. The van der Waals surface area contributed by atoms with Crippen molar-refractivity contribution < 1.29 is 13.5 Å². The number of benzene rings is 1. The molecule has 4 nitrogen and oxygen atoms in total. The maximum atomic E-state index is 12.4. The van der Waals surface area contributed by atoms with Crippen molar-refractivity contribution in [3.63, 3.8) is 0 Å². The Morgan fingerprint density at radius 3 is 2.17 bits per heavy atom. The predicted molar refractivity (Wildman–Crippen MR) is 71.6 cm³/mol. The molecule has 102 valence electrons. The molecule has 0 fully saturated rings. The van der Waals surface area contributed by atoms with E-state index in [4.69, 9.17) is 5.11 Å². The number of aliphatic hydroxyl groups is 1. The fourth-order valence-corrected chi connectivity index (χ4v) is 3.33. The maximum Gasteiger partial charge on any atom is 0.243 e. The van der Waals surface area contributed by atoms with Crippen molar-refractivity contribution in [2.24, 2.45) is 5.92 Å². The van der Waals surface area contributed by atoms with Crippen LogP contribution in [0.5, 0.6) is 0 Å². The standard InChI is InChI=1S/C13H21NO3S/c1-4-14(9-11(2)3)18(16,17)13-7-5-12(10-15)6-8-13/h5-8,11,15H,4,9-10H2,1-3H3. The number of nitrogens with zero attached hydrogens (tertiary/aromatic N) is 1. The van der Waals surface area contributed by atoms with E-state index in [1.807, 2.05) is 20.8 Å². The Labute approximate surface area is 109 Å². The second kappa shape index (κ2) is 6.31. The summed E-state index contributed by atoms with van der Waals surface area (Å²) in [5, 5.41) is 8.95. The van der Waals surface area contributed by atoms with Crippen molar-refractivity contribution in [3.8, 4) is 0 Å². The van der Waals surface area contributed by atoms with Crippen molar-refractivity contribution in [3.05, 3.63) is 29.8 Å². The summed E-state index contributed by atoms with van der Waals surface area (Å²) < 4.78 is 26.2. The average molecular weight is 271 g/mol. The lowest BCUT2D eigenvalue weighted by Crippen LogP contribution is -2.34. The average Bonchev–Trinajstić information content (AvgIpc) is 2.35. The molecule has 1 aromatic rings. The van der Waals surface area contributed by atoms with Crippen LogP contribution < -0.4 is 0 Å². The zero-order chi connectivity index (χ0) is 13.8. The Morgan fingerprint density at radius 2 is 1.78 bits per heavy atom. The summed E-state index contributed by atoms with van der Waals surface area (Å²) in [4.78, 5) is 0.280. The minimum Gasteiger partial charge on any atom is -0.392 e. The van der Waals surface area contributed by atoms with Crippen molar-refractivity contribution in [2.75, 3.05) is 13.1 Å². The highest BCUT2D eigenvalue weighted by molar-refractivity contribution is 7.89. The fraction of sp³-hybridized carbons (Fsp3) is 0.538. The largest absolute Gasteiger partial charge is 0.392 e. The number of rotatable bonds is 6. The topological polar surface area (TPSA) is 57.6 Å². The zero-order valence-electron chi connectivity index (χ0n) is 11.1. The van der Waals surface area contributed by atoms with E-state index >= 15 is 0 Å². The van der Waals surface area contributed by atoms with Crippen LogP contribution in [0.4, 0.5) is 0 Å². The minimum atomic E-state index is -3.42. The molecule has 18 heavy (non-hydrogen) atoms. The number of hydrogen-bond acceptors (Lipinski definition) is 3. The fourth-order valence-electron chi connectivity index (χ4n) is 1.72. The molecule has 5 heteroatoms. The monoisotopic (exact) mass is 271 g/mol. The third kappa shape index (κ3) is 3.54. The van der Waals surface area contributed by atoms with E-state index in [0.29, 0.717) is 18.7 Å². The van der Waals surface area contributed by atoms with E-state index in [-0.39, 0.29) is 17.4 Å². The Kier molecular flexibility index (Phi) is 5.31. The van der Waals surface area contributed by atoms with Crippen LogP contribution >= 0.6 is 0 Å². The summed E-state index contributed by atoms with van der Waals surface area (Å²) in [6.45, 7) is 6.72. The van der Waals surface area contributed by atoms with Gasteiger partial charge in [0, 0.05) is 13.1 Å². The molecule has 1 rings (SSSR count). The molecule has 0 unspecified atom stereocenters. The molecule has 0 atom stereocenters. The SMILES string of the molecule is CCN(CC(C)C)S(=O)(=O)c1ccc(CO)cc1. The van der Waals surface area contributed by atoms with Gasteiger partial charge in [0.25, 0.3) is 0 Å². The smallest absolute Gasteiger partial charge is 0.243 e. The first-order valence-electron chi connectivity index (χ1n) is 6.11. The predicted octanol–water partition coefficient (Wildman–Crippen LogP) is 1.85. The molecule has 1 aromatic carbocycles. The van der Waals surface area contributed by atoms with Gasteiger partial charge in [0.05, 0.1) is 11.5 Å². The van der Waals surface area contributed by atoms with Crippen LogP contribution in [0.2, 0.25) is 0 Å². The second-order valence-electron chi connectivity index (χ2n) is 4.65. The van der Waals surface area contributed by atoms with Gasteiger partial charge in [0.2, 0.25) is 10.0 Å². The molecule has 1 N–H and O–H groups in total. The molecule has 0 spiro atoms. The van der Waals surface area contributed by atoms with Gasteiger partial charge in [-0.25, -0.2) is 8.42 Å². The molecule has 0 heterocycles. The molecular weight excluding hydrogens is 250 g/mol. The summed E-state index contributed by atoms with van der Waals surface area (Å²) in [5.41, 5.74) is 0.709. The summed E-state index contributed by atoms with van der Waals surface area (Å²) in [5.74, 6) is 0.288. The number of aliphatic hydroxyl groups excluding tert-OH is 1. The van der Waals surface area contributed by atoms with E-state index in [1.165, 1.54) is 4.31 Å². The highest BCUT2D eigenvalue weighted by Gasteiger charge is 2.23. The van der Waals surface area contributed by atoms with Gasteiger partial charge in [0.1, 0.15) is 0 Å². The first-order valence-corrected chi connectivity index (χ1v) is 7.55. The summed E-state index contributed by atoms with van der Waals surface area (Å²) in [7, 11) is -3.42. The van der Waals surface area contributed by atoms with E-state index in [2.05, 4.69) is 0 Å². The van der Waals surface area contributed by atoms with Crippen LogP contribution in [0.25, 0.3) is 0 Å². The van der Waals surface area contributed by atoms with Gasteiger partial charge in [0.15, 0.2) is 0 Å². The highest BCUT2D eigenvalue weighted by Crippen LogP contribution is 2.17. The van der Waals surface area contributed by atoms with Gasteiger partial charge in [-0.1, -0.05) is 32.9 Å². The van der Waals surface area contributed by atoms with Crippen LogP contribution in [0.3, 0.4) is 0 Å². The van der Waals surface area contributed by atoms with Crippen LogP contribution in [0.15, 0.2) is 29.2 Å². The van der Waals surface area contributed by atoms with Gasteiger partial charge < -0.3 is 5.11 Å². The quantitative estimate of drug-likeness (QED) is 0.859. The Morgan fingerprint density at radius 1 is 1.22 bits per heavy atom. The molecule has 0 aliphatic heterocycles. The molecule has 0 aliphatic carbocycles. The van der Waals surface area contributed by atoms with Crippen LogP contribution in [-0.2, 0) is 16.6 Å². The molecule has 0 bridgehead atoms. The maximum absolute atomic E-state index is 12.4. The molecule has 0 amide bonds. The lowest BCUT2D eigenvalue weighted by molar-refractivity contribution is 0.281. The molecular formula is C13H21NO3S. The van der Waals surface area contributed by atoms with E-state index in [9.17, 15) is 8.42 Å². The molecule has 0 aliphatic rings. The molecule has 0 aromatic heterocycles. The van der Waals surface area contributed by atoms with Crippen molar-refractivity contribution in [1.82, 2.24) is 4.31 Å². The van der Waals surface area contributed by atoms with Gasteiger partial charge >= 0.3 is 0 Å². The third-order valence-electron chi connectivity index (χ3n) is 2.67. The third-order valence-corrected chi connectivity index (χ3v) is 4.62. The van der Waals surface area contributed by atoms with Crippen LogP contribution in [-0.4, -0.2) is 30.9 Å². The summed E-state index contributed by atoms with van der Waals surface area (Å²) in [6.07, 6.45) is 0. The van der Waals surface area contributed by atoms with Gasteiger partial charge in [-0.2, -0.15) is 4.31 Å². The summed E-state index contributed by atoms with van der Waals surface area (Å²) >= 11 is 0. The lowest BCUT2D eigenvalue weighted by atomic mass is 10.2. The Balaban J connectivity index is 3.02. The van der Waals surface area contributed by atoms with Crippen LogP contribution in [0.1, 0.15) is 26.3 Å². The molecule has 0 saturated heterocycles. The normalized spacial score (nSPS) is 12.3. The zero-order valence-corrected chi connectivity index (χ0v) is 11.9. The highest BCUT2D eigenvalue weighted by atomic mass is 32.2. The molecule has 0 radical (unpaired) electrons. The van der Waals surface area contributed by atoms with Crippen molar-refractivity contribution >= 4 is 10.0 Å². The first-order chi connectivity index (χ1) is 8.41. The van der Waals surface area contributed by atoms with E-state index in [0.717, 1.165) is 0 Å². The Hall–Kier alpha value is -0.910. The van der Waals surface area contributed by atoms with Gasteiger partial charge in [-0.3, -0.25) is 0 Å². The van der Waals surface area contributed by atoms with E-state index in [1.54, 1.807) is 24.3 Å². The minimum absolute atomic E-state index is 0.0795. The Bertz CT molecular complexity index is 466. The summed E-state index contributed by atoms with van der Waals surface area (Å²) in [6, 6.07) is 6.36. The van der Waals surface area contributed by atoms with Crippen molar-refractivity contribution in [2.45, 2.75) is 32.3 Å². The number of sulfonamides is 1. The van der Waals surface area contributed by atoms with Crippen molar-refractivity contribution in [1.29, 1.82) is 0 Å². The molecule has 0 saturated carbocycles. The van der Waals surface area contributed by atoms with E-state index < -0.39 is 10.0 Å². The number of hydrogen-bond donors (Lipinski definition) is 1.